The summed E-state index contributed by atoms with van der Waals surface area (Å²) in [6.07, 6.45) is 0.470. The lowest BCUT2D eigenvalue weighted by Crippen LogP contribution is -2.44. The first-order chi connectivity index (χ1) is 18.7. The number of sulfone groups is 1. The van der Waals surface area contributed by atoms with Gasteiger partial charge in [0.1, 0.15) is 17.4 Å². The molecule has 3 atom stereocenters. The predicted octanol–water partition coefficient (Wildman–Crippen LogP) is 3.13. The van der Waals surface area contributed by atoms with Crippen molar-refractivity contribution in [2.24, 2.45) is 0 Å². The maximum atomic E-state index is 13.5. The number of nitrogens with zero attached hydrogens (tertiary/aromatic N) is 4. The second-order valence-corrected chi connectivity index (χ2v) is 12.0. The maximum Gasteiger partial charge on any atom is 0.319 e. The van der Waals surface area contributed by atoms with Gasteiger partial charge in [0.15, 0.2) is 15.7 Å². The number of urea groups is 1. The zero-order valence-corrected chi connectivity index (χ0v) is 22.9. The van der Waals surface area contributed by atoms with Gasteiger partial charge in [-0.15, -0.1) is 0 Å². The molecule has 11 nitrogen and oxygen atoms in total. The Balaban J connectivity index is 1.45. The lowest BCUT2D eigenvalue weighted by Gasteiger charge is -2.34. The summed E-state index contributed by atoms with van der Waals surface area (Å²) in [4.78, 5) is 23.9. The van der Waals surface area contributed by atoms with Gasteiger partial charge in [0, 0.05) is 36.3 Å². The quantitative estimate of drug-likeness (QED) is 0.384. The fourth-order valence-corrected chi connectivity index (χ4v) is 7.23. The molecule has 2 unspecified atom stereocenters. The topological polar surface area (TPSA) is 142 Å². The van der Waals surface area contributed by atoms with Gasteiger partial charge in [0.25, 0.3) is 0 Å². The number of aromatic amines is 1. The van der Waals surface area contributed by atoms with Crippen molar-refractivity contribution < 1.29 is 22.3 Å². The third kappa shape index (κ3) is 5.59. The molecular formula is C26H32FN7O4S. The number of aryl methyl sites for hydroxylation is 2. The minimum Gasteiger partial charge on any atom is -0.377 e. The summed E-state index contributed by atoms with van der Waals surface area (Å²) in [6, 6.07) is 8.50. The summed E-state index contributed by atoms with van der Waals surface area (Å²) in [6.45, 7) is 6.56. The smallest absolute Gasteiger partial charge is 0.319 e. The number of benzene rings is 1. The van der Waals surface area contributed by atoms with Crippen molar-refractivity contribution in [3.8, 4) is 11.4 Å². The third-order valence-corrected chi connectivity index (χ3v) is 9.52. The lowest BCUT2D eigenvalue weighted by molar-refractivity contribution is 0.0985. The highest BCUT2D eigenvalue weighted by atomic mass is 32.2. The molecule has 1 aliphatic carbocycles. The number of carbonyl (C=O) groups excluding carboxylic acids is 1. The van der Waals surface area contributed by atoms with Crippen molar-refractivity contribution in [1.82, 2.24) is 25.5 Å². The number of carbonyl (C=O) groups is 1. The Labute approximate surface area is 226 Å². The molecule has 0 radical (unpaired) electrons. The number of hydrogen-bond donors (Lipinski definition) is 3. The molecule has 1 aliphatic heterocycles. The zero-order chi connectivity index (χ0) is 27.7. The standard InChI is InChI=1S/C26H32FN7O4S/c1-15-14-38-11-10-34(15)23-13-21(20-12-22(20)39(36,37)24-16(2)32-33-17(24)3)30-25(31-23)18-4-6-19(7-5-18)29-26(35)28-9-8-27/h4-7,13,15,20,22H,8-12,14H2,1-3H3,(H,32,33)(H2,28,29,35)/t15-,20?,22?/m0/s1. The van der Waals surface area contributed by atoms with E-state index in [4.69, 9.17) is 14.7 Å². The molecule has 39 heavy (non-hydrogen) atoms. The number of H-pyrrole nitrogens is 1. The molecule has 3 N–H and O–H groups in total. The molecule has 3 heterocycles. The van der Waals surface area contributed by atoms with Crippen molar-refractivity contribution in [1.29, 1.82) is 0 Å². The van der Waals surface area contributed by atoms with Gasteiger partial charge in [0.05, 0.1) is 41.6 Å². The van der Waals surface area contributed by atoms with Crippen LogP contribution >= 0.6 is 0 Å². The Morgan fingerprint density at radius 3 is 2.67 bits per heavy atom. The number of alkyl halides is 1. The van der Waals surface area contributed by atoms with E-state index in [-0.39, 0.29) is 23.4 Å². The number of amides is 2. The number of nitrogens with one attached hydrogen (secondary N) is 3. The summed E-state index contributed by atoms with van der Waals surface area (Å²) in [5.74, 6) is 0.923. The monoisotopic (exact) mass is 557 g/mol. The van der Waals surface area contributed by atoms with E-state index in [9.17, 15) is 17.6 Å². The van der Waals surface area contributed by atoms with Crippen LogP contribution in [-0.4, -0.2) is 78.9 Å². The van der Waals surface area contributed by atoms with Crippen molar-refractivity contribution in [3.63, 3.8) is 0 Å². The molecule has 1 aromatic carbocycles. The molecule has 3 aromatic rings. The van der Waals surface area contributed by atoms with Crippen LogP contribution in [0, 0.1) is 13.8 Å². The molecule has 1 saturated heterocycles. The van der Waals surface area contributed by atoms with Crippen LogP contribution in [0.4, 0.5) is 20.7 Å². The van der Waals surface area contributed by atoms with Crippen molar-refractivity contribution in [2.75, 3.05) is 43.2 Å². The van der Waals surface area contributed by atoms with Gasteiger partial charge in [-0.05, 0) is 51.5 Å². The SMILES string of the molecule is Cc1n[nH]c(C)c1S(=O)(=O)C1CC1c1cc(N2CCOC[C@@H]2C)nc(-c2ccc(NC(=O)NCCF)cc2)n1. The van der Waals surface area contributed by atoms with Crippen molar-refractivity contribution >= 4 is 27.4 Å². The van der Waals surface area contributed by atoms with Crippen LogP contribution in [0.3, 0.4) is 0 Å². The van der Waals surface area contributed by atoms with Gasteiger partial charge < -0.3 is 20.3 Å². The number of rotatable bonds is 8. The molecule has 5 rings (SSSR count). The van der Waals surface area contributed by atoms with Gasteiger partial charge in [-0.1, -0.05) is 0 Å². The van der Waals surface area contributed by atoms with Gasteiger partial charge in [-0.3, -0.25) is 5.10 Å². The van der Waals surface area contributed by atoms with Gasteiger partial charge >= 0.3 is 6.03 Å². The van der Waals surface area contributed by atoms with E-state index in [1.807, 2.05) is 6.07 Å². The normalized spacial score (nSPS) is 21.0. The van der Waals surface area contributed by atoms with E-state index in [1.54, 1.807) is 38.1 Å². The second-order valence-electron chi connectivity index (χ2n) is 9.93. The molecule has 2 aromatic heterocycles. The minimum absolute atomic E-state index is 0.0646. The summed E-state index contributed by atoms with van der Waals surface area (Å²) >= 11 is 0. The first kappa shape index (κ1) is 27.0. The number of morpholine rings is 1. The molecular weight excluding hydrogens is 525 g/mol. The van der Waals surface area contributed by atoms with Crippen LogP contribution in [0.15, 0.2) is 35.2 Å². The van der Waals surface area contributed by atoms with E-state index in [0.717, 1.165) is 11.4 Å². The first-order valence-corrected chi connectivity index (χ1v) is 14.4. The van der Waals surface area contributed by atoms with E-state index in [1.165, 1.54) is 0 Å². The highest BCUT2D eigenvalue weighted by molar-refractivity contribution is 7.92. The zero-order valence-electron chi connectivity index (χ0n) is 22.1. The Morgan fingerprint density at radius 1 is 1.23 bits per heavy atom. The van der Waals surface area contributed by atoms with Gasteiger partial charge in [-0.2, -0.15) is 5.10 Å². The van der Waals surface area contributed by atoms with Crippen LogP contribution in [0.2, 0.25) is 0 Å². The third-order valence-electron chi connectivity index (χ3n) is 7.03. The van der Waals surface area contributed by atoms with E-state index in [0.29, 0.717) is 54.8 Å². The number of aromatic nitrogens is 4. The summed E-state index contributed by atoms with van der Waals surface area (Å²) in [5.41, 5.74) is 2.93. The minimum atomic E-state index is -3.59. The van der Waals surface area contributed by atoms with Crippen LogP contribution < -0.4 is 15.5 Å². The Kier molecular flexibility index (Phi) is 7.54. The van der Waals surface area contributed by atoms with Crippen molar-refractivity contribution in [2.45, 2.75) is 49.3 Å². The molecule has 2 amide bonds. The Bertz CT molecular complexity index is 1440. The van der Waals surface area contributed by atoms with Gasteiger partial charge in [-0.25, -0.2) is 27.6 Å². The predicted molar refractivity (Wildman–Crippen MR) is 144 cm³/mol. The number of hydrogen-bond acceptors (Lipinski definition) is 8. The number of anilines is 2. The number of ether oxygens (including phenoxy) is 1. The number of halogens is 1. The summed E-state index contributed by atoms with van der Waals surface area (Å²) in [5, 5.41) is 11.3. The molecule has 208 valence electrons. The average molecular weight is 558 g/mol. The maximum absolute atomic E-state index is 13.5. The Morgan fingerprint density at radius 2 is 2.00 bits per heavy atom. The molecule has 1 saturated carbocycles. The summed E-state index contributed by atoms with van der Waals surface area (Å²) in [7, 11) is -3.59. The largest absolute Gasteiger partial charge is 0.377 e. The van der Waals surface area contributed by atoms with Gasteiger partial charge in [0.2, 0.25) is 0 Å². The molecule has 2 fully saturated rings. The Hall–Kier alpha value is -3.58. The fraction of sp³-hybridized carbons (Fsp3) is 0.462. The van der Waals surface area contributed by atoms with Crippen molar-refractivity contribution in [3.05, 3.63) is 47.4 Å². The average Bonchev–Trinajstić information content (AvgIpc) is 3.67. The fourth-order valence-electron chi connectivity index (χ4n) is 4.96. The summed E-state index contributed by atoms with van der Waals surface area (Å²) < 4.78 is 44.9. The van der Waals surface area contributed by atoms with Crippen LogP contribution in [-0.2, 0) is 14.6 Å². The van der Waals surface area contributed by atoms with Crippen LogP contribution in [0.1, 0.15) is 36.3 Å². The molecule has 0 bridgehead atoms. The molecule has 13 heteroatoms. The van der Waals surface area contributed by atoms with E-state index in [2.05, 4.69) is 32.7 Å². The highest BCUT2D eigenvalue weighted by Gasteiger charge is 2.51. The lowest BCUT2D eigenvalue weighted by atomic mass is 10.1. The molecule has 0 spiro atoms. The van der Waals surface area contributed by atoms with Crippen LogP contribution in [0.25, 0.3) is 11.4 Å². The van der Waals surface area contributed by atoms with Crippen LogP contribution in [0.5, 0.6) is 0 Å². The second kappa shape index (κ2) is 10.9. The first-order valence-electron chi connectivity index (χ1n) is 12.9. The van der Waals surface area contributed by atoms with E-state index < -0.39 is 27.8 Å². The highest BCUT2D eigenvalue weighted by Crippen LogP contribution is 2.49. The molecule has 2 aliphatic rings. The van der Waals surface area contributed by atoms with E-state index >= 15 is 0 Å².